The number of hydrogen-bond donors (Lipinski definition) is 0. The number of aryl methyl sites for hydroxylation is 1. The van der Waals surface area contributed by atoms with Crippen molar-refractivity contribution in [2.24, 2.45) is 5.92 Å². The maximum atomic E-state index is 12.9. The van der Waals surface area contributed by atoms with E-state index in [2.05, 4.69) is 18.7 Å². The molecule has 1 amide bonds. The van der Waals surface area contributed by atoms with Gasteiger partial charge in [-0.2, -0.15) is 0 Å². The Morgan fingerprint density at radius 3 is 2.82 bits per heavy atom. The summed E-state index contributed by atoms with van der Waals surface area (Å²) in [5.41, 5.74) is 1.47. The minimum Gasteiger partial charge on any atom is -0.339 e. The van der Waals surface area contributed by atoms with Crippen LogP contribution < -0.4 is 0 Å². The molecule has 2 fully saturated rings. The second-order valence-corrected chi connectivity index (χ2v) is 11.0. The van der Waals surface area contributed by atoms with E-state index >= 15 is 0 Å². The average Bonchev–Trinajstić information content (AvgIpc) is 3.47. The summed E-state index contributed by atoms with van der Waals surface area (Å²) in [6.45, 7) is 5.45. The van der Waals surface area contributed by atoms with Gasteiger partial charge in [-0.3, -0.25) is 4.79 Å². The molecule has 5 rings (SSSR count). The van der Waals surface area contributed by atoms with Gasteiger partial charge in [-0.15, -0.1) is 11.3 Å². The van der Waals surface area contributed by atoms with E-state index < -0.39 is 0 Å². The molecule has 2 aliphatic carbocycles. The molecule has 2 aromatic heterocycles. The lowest BCUT2D eigenvalue weighted by molar-refractivity contribution is -0.131. The highest BCUT2D eigenvalue weighted by atomic mass is 32.2. The molecule has 4 nitrogen and oxygen atoms in total. The van der Waals surface area contributed by atoms with E-state index in [1.54, 1.807) is 11.8 Å². The normalized spacial score (nSPS) is 25.1. The number of fused-ring (bicyclic) bond motifs is 3. The standard InChI is InChI=1S/C22H29N3OS2/c1-13-6-9-16-17(11-13)28-22-19(16)21(23-20(24-22)15-7-8-15)27-12-18(26)25-10-4-3-5-14(25)2/h13-15H,3-12H2,1-2H3/t13-,14+/m0/s1. The zero-order valence-corrected chi connectivity index (χ0v) is 18.5. The molecule has 28 heavy (non-hydrogen) atoms. The number of nitrogens with zero attached hydrogens (tertiary/aromatic N) is 3. The van der Waals surface area contributed by atoms with Gasteiger partial charge in [-0.1, -0.05) is 18.7 Å². The molecule has 6 heteroatoms. The number of aromatic nitrogens is 2. The van der Waals surface area contributed by atoms with Crippen LogP contribution in [-0.2, 0) is 17.6 Å². The highest BCUT2D eigenvalue weighted by Crippen LogP contribution is 2.44. The molecule has 0 bridgehead atoms. The summed E-state index contributed by atoms with van der Waals surface area (Å²) in [6, 6.07) is 0.379. The predicted molar refractivity (Wildman–Crippen MR) is 116 cm³/mol. The first-order valence-electron chi connectivity index (χ1n) is 10.8. The Morgan fingerprint density at radius 1 is 1.18 bits per heavy atom. The number of carbonyl (C=O) groups excluding carboxylic acids is 1. The Balaban J connectivity index is 1.44. The SMILES string of the molecule is C[C@H]1CCc2c(sc3nc(C4CC4)nc(SCC(=O)N4CCCC[C@H]4C)c23)C1. The van der Waals surface area contributed by atoms with Crippen molar-refractivity contribution < 1.29 is 4.79 Å². The first-order chi connectivity index (χ1) is 13.6. The van der Waals surface area contributed by atoms with E-state index in [9.17, 15) is 4.79 Å². The minimum atomic E-state index is 0.273. The number of likely N-dealkylation sites (tertiary alicyclic amines) is 1. The van der Waals surface area contributed by atoms with E-state index in [-0.39, 0.29) is 5.91 Å². The summed E-state index contributed by atoms with van der Waals surface area (Å²) < 4.78 is 0. The maximum absolute atomic E-state index is 12.9. The lowest BCUT2D eigenvalue weighted by Gasteiger charge is -2.33. The summed E-state index contributed by atoms with van der Waals surface area (Å²) in [4.78, 5) is 27.6. The molecule has 0 aromatic carbocycles. The third kappa shape index (κ3) is 3.58. The van der Waals surface area contributed by atoms with Gasteiger partial charge in [-0.25, -0.2) is 9.97 Å². The lowest BCUT2D eigenvalue weighted by Crippen LogP contribution is -2.42. The molecule has 2 aromatic rings. The third-order valence-corrected chi connectivity index (χ3v) is 8.65. The second kappa shape index (κ2) is 7.60. The summed E-state index contributed by atoms with van der Waals surface area (Å²) >= 11 is 3.54. The Hall–Kier alpha value is -1.14. The van der Waals surface area contributed by atoms with Crippen molar-refractivity contribution >= 4 is 39.2 Å². The molecule has 3 aliphatic rings. The van der Waals surface area contributed by atoms with Crippen molar-refractivity contribution in [1.29, 1.82) is 0 Å². The highest BCUT2D eigenvalue weighted by Gasteiger charge is 2.31. The van der Waals surface area contributed by atoms with E-state index in [0.717, 1.165) is 47.4 Å². The molecule has 0 spiro atoms. The van der Waals surface area contributed by atoms with E-state index in [4.69, 9.17) is 9.97 Å². The minimum absolute atomic E-state index is 0.273. The van der Waals surface area contributed by atoms with Gasteiger partial charge in [-0.05, 0) is 69.8 Å². The van der Waals surface area contributed by atoms with Crippen LogP contribution in [0.1, 0.15) is 74.6 Å². The number of piperidine rings is 1. The third-order valence-electron chi connectivity index (χ3n) is 6.54. The number of rotatable bonds is 4. The number of thioether (sulfide) groups is 1. The fraction of sp³-hybridized carbons (Fsp3) is 0.682. The highest BCUT2D eigenvalue weighted by molar-refractivity contribution is 8.00. The predicted octanol–water partition coefficient (Wildman–Crippen LogP) is 5.19. The van der Waals surface area contributed by atoms with Gasteiger partial charge >= 0.3 is 0 Å². The van der Waals surface area contributed by atoms with Crippen molar-refractivity contribution in [1.82, 2.24) is 14.9 Å². The molecule has 0 N–H and O–H groups in total. The summed E-state index contributed by atoms with van der Waals surface area (Å²) in [7, 11) is 0. The van der Waals surface area contributed by atoms with Crippen molar-refractivity contribution in [3.8, 4) is 0 Å². The number of amides is 1. The van der Waals surface area contributed by atoms with Crippen LogP contribution in [0.4, 0.5) is 0 Å². The number of thiophene rings is 1. The van der Waals surface area contributed by atoms with Gasteiger partial charge in [0.1, 0.15) is 15.7 Å². The fourth-order valence-corrected chi connectivity index (χ4v) is 7.04. The monoisotopic (exact) mass is 415 g/mol. The zero-order valence-electron chi connectivity index (χ0n) is 16.9. The Kier molecular flexibility index (Phi) is 5.12. The molecule has 1 saturated carbocycles. The molecular weight excluding hydrogens is 386 g/mol. The van der Waals surface area contributed by atoms with Crippen LogP contribution in [0.25, 0.3) is 10.2 Å². The van der Waals surface area contributed by atoms with Crippen LogP contribution in [0.2, 0.25) is 0 Å². The average molecular weight is 416 g/mol. The first kappa shape index (κ1) is 18.9. The molecule has 150 valence electrons. The zero-order chi connectivity index (χ0) is 19.3. The lowest BCUT2D eigenvalue weighted by atomic mass is 9.89. The van der Waals surface area contributed by atoms with Gasteiger partial charge < -0.3 is 4.90 Å². The van der Waals surface area contributed by atoms with Gasteiger partial charge in [0.15, 0.2) is 0 Å². The van der Waals surface area contributed by atoms with Crippen molar-refractivity contribution in [2.75, 3.05) is 12.3 Å². The molecule has 2 atom stereocenters. The van der Waals surface area contributed by atoms with Gasteiger partial charge in [0.05, 0.1) is 5.75 Å². The molecule has 3 heterocycles. The van der Waals surface area contributed by atoms with E-state index in [1.807, 2.05) is 11.3 Å². The number of carbonyl (C=O) groups is 1. The summed E-state index contributed by atoms with van der Waals surface area (Å²) in [6.07, 6.45) is 9.49. The molecule has 0 unspecified atom stereocenters. The van der Waals surface area contributed by atoms with Gasteiger partial charge in [0, 0.05) is 28.8 Å². The molecular formula is C22H29N3OS2. The van der Waals surface area contributed by atoms with Crippen LogP contribution in [0.15, 0.2) is 5.03 Å². The van der Waals surface area contributed by atoms with Crippen LogP contribution >= 0.6 is 23.1 Å². The van der Waals surface area contributed by atoms with Crippen LogP contribution in [0, 0.1) is 5.92 Å². The smallest absolute Gasteiger partial charge is 0.233 e. The summed E-state index contributed by atoms with van der Waals surface area (Å²) in [5.74, 6) is 3.09. The quantitative estimate of drug-likeness (QED) is 0.509. The van der Waals surface area contributed by atoms with Gasteiger partial charge in [0.2, 0.25) is 5.91 Å². The first-order valence-corrected chi connectivity index (χ1v) is 12.6. The summed E-state index contributed by atoms with van der Waals surface area (Å²) in [5, 5.41) is 2.33. The Labute approximate surface area is 175 Å². The van der Waals surface area contributed by atoms with Crippen molar-refractivity contribution in [3.63, 3.8) is 0 Å². The maximum Gasteiger partial charge on any atom is 0.233 e. The van der Waals surface area contributed by atoms with Crippen molar-refractivity contribution in [3.05, 3.63) is 16.3 Å². The number of hydrogen-bond acceptors (Lipinski definition) is 5. The molecule has 1 aliphatic heterocycles. The van der Waals surface area contributed by atoms with Crippen LogP contribution in [-0.4, -0.2) is 39.1 Å². The Morgan fingerprint density at radius 2 is 2.04 bits per heavy atom. The second-order valence-electron chi connectivity index (χ2n) is 8.91. The van der Waals surface area contributed by atoms with Crippen molar-refractivity contribution in [2.45, 2.75) is 82.2 Å². The van der Waals surface area contributed by atoms with Gasteiger partial charge in [0.25, 0.3) is 0 Å². The Bertz CT molecular complexity index is 905. The van der Waals surface area contributed by atoms with Crippen LogP contribution in [0.3, 0.4) is 0 Å². The van der Waals surface area contributed by atoms with E-state index in [0.29, 0.717) is 17.7 Å². The fourth-order valence-electron chi connectivity index (χ4n) is 4.63. The van der Waals surface area contributed by atoms with Crippen LogP contribution in [0.5, 0.6) is 0 Å². The molecule has 0 radical (unpaired) electrons. The molecule has 1 saturated heterocycles. The topological polar surface area (TPSA) is 46.1 Å². The van der Waals surface area contributed by atoms with E-state index in [1.165, 1.54) is 47.9 Å². The largest absolute Gasteiger partial charge is 0.339 e.